The van der Waals surface area contributed by atoms with Crippen LogP contribution >= 0.6 is 0 Å². The van der Waals surface area contributed by atoms with Crippen molar-refractivity contribution in [3.63, 3.8) is 0 Å². The molecule has 0 radical (unpaired) electrons. The lowest BCUT2D eigenvalue weighted by Crippen LogP contribution is -2.20. The van der Waals surface area contributed by atoms with E-state index in [0.717, 1.165) is 53.2 Å². The molecule has 150 valence electrons. The lowest BCUT2D eigenvalue weighted by Gasteiger charge is -2.16. The van der Waals surface area contributed by atoms with Gasteiger partial charge in [-0.05, 0) is 55.3 Å². The monoisotopic (exact) mass is 397 g/mol. The van der Waals surface area contributed by atoms with Gasteiger partial charge in [0.25, 0.3) is 0 Å². The molecule has 6 heteroatoms. The number of rotatable bonds is 5. The van der Waals surface area contributed by atoms with Gasteiger partial charge in [-0.25, -0.2) is 15.0 Å². The Hall–Kier alpha value is -3.51. The highest BCUT2D eigenvalue weighted by atomic mass is 16.5. The average Bonchev–Trinajstić information content (AvgIpc) is 3.29. The first-order chi connectivity index (χ1) is 14.8. The molecule has 0 amide bonds. The zero-order valence-corrected chi connectivity index (χ0v) is 16.8. The van der Waals surface area contributed by atoms with Gasteiger partial charge in [0, 0.05) is 12.1 Å². The molecule has 1 unspecified atom stereocenters. The minimum atomic E-state index is -0.0203. The van der Waals surface area contributed by atoms with E-state index in [4.69, 9.17) is 9.72 Å². The van der Waals surface area contributed by atoms with Crippen molar-refractivity contribution in [1.29, 1.82) is 0 Å². The number of hydrogen-bond acceptors (Lipinski definition) is 5. The second-order valence-electron chi connectivity index (χ2n) is 7.37. The summed E-state index contributed by atoms with van der Waals surface area (Å²) in [6.45, 7) is 3.85. The van der Waals surface area contributed by atoms with Crippen LogP contribution in [-0.2, 0) is 0 Å². The number of nitrogens with one attached hydrogen (secondary N) is 2. The lowest BCUT2D eigenvalue weighted by atomic mass is 10.0. The lowest BCUT2D eigenvalue weighted by molar-refractivity contribution is 0.227. The van der Waals surface area contributed by atoms with Crippen LogP contribution in [0.1, 0.15) is 30.7 Å². The Bertz CT molecular complexity index is 1180. The Kier molecular flexibility index (Phi) is 4.99. The van der Waals surface area contributed by atoms with E-state index in [1.807, 2.05) is 42.5 Å². The van der Waals surface area contributed by atoms with Crippen molar-refractivity contribution < 1.29 is 4.74 Å². The largest absolute Gasteiger partial charge is 0.486 e. The molecular weight excluding hydrogens is 374 g/mol. The molecule has 2 aromatic carbocycles. The van der Waals surface area contributed by atoms with Gasteiger partial charge in [-0.15, -0.1) is 0 Å². The highest BCUT2D eigenvalue weighted by molar-refractivity contribution is 5.86. The Balaban J connectivity index is 1.43. The molecule has 0 fully saturated rings. The molecule has 1 aliphatic rings. The van der Waals surface area contributed by atoms with Crippen molar-refractivity contribution in [2.45, 2.75) is 19.4 Å². The molecule has 0 saturated carbocycles. The smallest absolute Gasteiger partial charge is 0.162 e. The van der Waals surface area contributed by atoms with Crippen LogP contribution in [0.3, 0.4) is 0 Å². The van der Waals surface area contributed by atoms with Crippen molar-refractivity contribution in [2.75, 3.05) is 13.1 Å². The van der Waals surface area contributed by atoms with E-state index >= 15 is 0 Å². The van der Waals surface area contributed by atoms with Crippen molar-refractivity contribution in [3.05, 3.63) is 78.3 Å². The summed E-state index contributed by atoms with van der Waals surface area (Å²) in [5.74, 6) is 1.50. The van der Waals surface area contributed by atoms with Gasteiger partial charge in [-0.3, -0.25) is 0 Å². The summed E-state index contributed by atoms with van der Waals surface area (Å²) in [5.41, 5.74) is 5.80. The molecule has 2 N–H and O–H groups in total. The van der Waals surface area contributed by atoms with E-state index in [9.17, 15) is 0 Å². The van der Waals surface area contributed by atoms with Gasteiger partial charge in [-0.2, -0.15) is 0 Å². The molecule has 2 aromatic heterocycles. The SMILES string of the molecule is CC(Oc1ccc(-c2nc(C3=CCNCC3)c3nc[nH]c3n2)cc1)c1ccccc1. The summed E-state index contributed by atoms with van der Waals surface area (Å²) >= 11 is 0. The molecule has 5 rings (SSSR count). The van der Waals surface area contributed by atoms with E-state index in [-0.39, 0.29) is 6.10 Å². The molecule has 1 atom stereocenters. The van der Waals surface area contributed by atoms with Crippen LogP contribution in [-0.4, -0.2) is 33.0 Å². The van der Waals surface area contributed by atoms with Gasteiger partial charge in [0.05, 0.1) is 12.0 Å². The topological polar surface area (TPSA) is 75.7 Å². The summed E-state index contributed by atoms with van der Waals surface area (Å²) in [7, 11) is 0. The fraction of sp³-hybridized carbons (Fsp3) is 0.208. The summed E-state index contributed by atoms with van der Waals surface area (Å²) in [4.78, 5) is 17.1. The third-order valence-corrected chi connectivity index (χ3v) is 5.34. The summed E-state index contributed by atoms with van der Waals surface area (Å²) in [6.07, 6.45) is 4.78. The van der Waals surface area contributed by atoms with Crippen molar-refractivity contribution in [2.24, 2.45) is 0 Å². The molecule has 0 saturated heterocycles. The maximum atomic E-state index is 6.09. The second-order valence-corrected chi connectivity index (χ2v) is 7.37. The highest BCUT2D eigenvalue weighted by Crippen LogP contribution is 2.28. The van der Waals surface area contributed by atoms with E-state index in [1.165, 1.54) is 5.57 Å². The Morgan fingerprint density at radius 2 is 1.83 bits per heavy atom. The first-order valence-corrected chi connectivity index (χ1v) is 10.2. The number of aromatic amines is 1. The molecule has 0 spiro atoms. The van der Waals surface area contributed by atoms with Crippen LogP contribution in [0.2, 0.25) is 0 Å². The van der Waals surface area contributed by atoms with Crippen LogP contribution < -0.4 is 10.1 Å². The molecule has 6 nitrogen and oxygen atoms in total. The van der Waals surface area contributed by atoms with Gasteiger partial charge < -0.3 is 15.0 Å². The van der Waals surface area contributed by atoms with Gasteiger partial charge >= 0.3 is 0 Å². The van der Waals surface area contributed by atoms with E-state index < -0.39 is 0 Å². The molecule has 0 bridgehead atoms. The summed E-state index contributed by atoms with van der Waals surface area (Å²) in [6, 6.07) is 18.2. The number of fused-ring (bicyclic) bond motifs is 1. The van der Waals surface area contributed by atoms with Gasteiger partial charge in [0.15, 0.2) is 11.5 Å². The summed E-state index contributed by atoms with van der Waals surface area (Å²) < 4.78 is 6.09. The Morgan fingerprint density at radius 1 is 1.00 bits per heavy atom. The maximum absolute atomic E-state index is 6.09. The Morgan fingerprint density at radius 3 is 2.60 bits per heavy atom. The van der Waals surface area contributed by atoms with Gasteiger partial charge in [0.2, 0.25) is 0 Å². The maximum Gasteiger partial charge on any atom is 0.162 e. The third-order valence-electron chi connectivity index (χ3n) is 5.34. The van der Waals surface area contributed by atoms with Crippen LogP contribution in [0.15, 0.2) is 67.0 Å². The van der Waals surface area contributed by atoms with Crippen LogP contribution in [0.25, 0.3) is 28.1 Å². The van der Waals surface area contributed by atoms with E-state index in [2.05, 4.69) is 45.4 Å². The normalized spacial score (nSPS) is 15.0. The van der Waals surface area contributed by atoms with Crippen molar-refractivity contribution >= 4 is 16.7 Å². The molecule has 3 heterocycles. The molecule has 4 aromatic rings. The molecule has 30 heavy (non-hydrogen) atoms. The van der Waals surface area contributed by atoms with Gasteiger partial charge in [-0.1, -0.05) is 36.4 Å². The number of hydrogen-bond donors (Lipinski definition) is 2. The first kappa shape index (κ1) is 18.5. The molecule has 0 aliphatic carbocycles. The average molecular weight is 397 g/mol. The van der Waals surface area contributed by atoms with Gasteiger partial charge in [0.1, 0.15) is 17.4 Å². The highest BCUT2D eigenvalue weighted by Gasteiger charge is 2.16. The fourth-order valence-corrected chi connectivity index (χ4v) is 3.71. The molecular formula is C24H23N5O. The van der Waals surface area contributed by atoms with Crippen LogP contribution in [0, 0.1) is 0 Å². The Labute approximate surface area is 175 Å². The van der Waals surface area contributed by atoms with Crippen molar-refractivity contribution in [1.82, 2.24) is 25.3 Å². The predicted molar refractivity (Wildman–Crippen MR) is 118 cm³/mol. The zero-order valence-electron chi connectivity index (χ0n) is 16.8. The van der Waals surface area contributed by atoms with E-state index in [1.54, 1.807) is 6.33 Å². The number of imidazole rings is 1. The standard InChI is InChI=1S/C24H23N5O/c1-16(17-5-3-2-4-6-17)30-20-9-7-19(8-10-20)23-28-21(18-11-13-25-14-12-18)22-24(29-23)27-15-26-22/h2-11,15-16,25H,12-14H2,1H3,(H,26,27,28,29). The number of aromatic nitrogens is 4. The molecule has 1 aliphatic heterocycles. The third kappa shape index (κ3) is 3.69. The zero-order chi connectivity index (χ0) is 20.3. The number of ether oxygens (including phenoxy) is 1. The summed E-state index contributed by atoms with van der Waals surface area (Å²) in [5, 5.41) is 3.34. The van der Waals surface area contributed by atoms with Crippen LogP contribution in [0.4, 0.5) is 0 Å². The predicted octanol–water partition coefficient (Wildman–Crippen LogP) is 4.54. The number of benzene rings is 2. The fourth-order valence-electron chi connectivity index (χ4n) is 3.71. The van der Waals surface area contributed by atoms with E-state index in [0.29, 0.717) is 5.82 Å². The first-order valence-electron chi connectivity index (χ1n) is 10.2. The second kappa shape index (κ2) is 8.08. The number of nitrogens with zero attached hydrogens (tertiary/aromatic N) is 3. The minimum Gasteiger partial charge on any atom is -0.486 e. The van der Waals surface area contributed by atoms with Crippen LogP contribution in [0.5, 0.6) is 5.75 Å². The van der Waals surface area contributed by atoms with Crippen molar-refractivity contribution in [3.8, 4) is 17.1 Å². The quantitative estimate of drug-likeness (QED) is 0.517. The number of H-pyrrole nitrogens is 1. The minimum absolute atomic E-state index is 0.0203.